The van der Waals surface area contributed by atoms with Crippen molar-refractivity contribution in [2.75, 3.05) is 20.1 Å². The van der Waals surface area contributed by atoms with Gasteiger partial charge in [0.15, 0.2) is 0 Å². The Bertz CT molecular complexity index is 276. The van der Waals surface area contributed by atoms with Crippen LogP contribution in [-0.4, -0.2) is 36.1 Å². The first-order chi connectivity index (χ1) is 6.84. The van der Waals surface area contributed by atoms with Gasteiger partial charge < -0.3 is 9.64 Å². The van der Waals surface area contributed by atoms with Gasteiger partial charge in [-0.25, -0.2) is 4.98 Å². The fourth-order valence-corrected chi connectivity index (χ4v) is 1.76. The molecule has 2 heterocycles. The van der Waals surface area contributed by atoms with Crippen molar-refractivity contribution in [2.24, 2.45) is 0 Å². The van der Waals surface area contributed by atoms with Crippen molar-refractivity contribution in [3.05, 3.63) is 24.4 Å². The van der Waals surface area contributed by atoms with E-state index in [4.69, 9.17) is 4.74 Å². The molecule has 75 valence electrons. The van der Waals surface area contributed by atoms with Gasteiger partial charge in [0.05, 0.1) is 0 Å². The van der Waals surface area contributed by atoms with E-state index in [9.17, 15) is 0 Å². The first kappa shape index (κ1) is 9.46. The molecule has 0 amide bonds. The summed E-state index contributed by atoms with van der Waals surface area (Å²) < 4.78 is 5.74. The van der Waals surface area contributed by atoms with E-state index >= 15 is 0 Å². The summed E-state index contributed by atoms with van der Waals surface area (Å²) in [6, 6.07) is 6.52. The lowest BCUT2D eigenvalue weighted by Crippen LogP contribution is -2.38. The molecule has 1 aromatic heterocycles. The zero-order valence-corrected chi connectivity index (χ0v) is 8.44. The Balaban J connectivity index is 1.91. The molecule has 1 aliphatic rings. The number of hydrogen-bond acceptors (Lipinski definition) is 3. The Hall–Kier alpha value is -1.09. The van der Waals surface area contributed by atoms with E-state index in [0.717, 1.165) is 13.0 Å². The zero-order chi connectivity index (χ0) is 9.80. The highest BCUT2D eigenvalue weighted by atomic mass is 16.5. The fourth-order valence-electron chi connectivity index (χ4n) is 1.76. The van der Waals surface area contributed by atoms with E-state index < -0.39 is 0 Å². The van der Waals surface area contributed by atoms with Crippen LogP contribution in [0, 0.1) is 6.07 Å². The van der Waals surface area contributed by atoms with Gasteiger partial charge in [-0.1, -0.05) is 0 Å². The molecule has 0 spiro atoms. The van der Waals surface area contributed by atoms with Gasteiger partial charge in [0.1, 0.15) is 6.10 Å². The summed E-state index contributed by atoms with van der Waals surface area (Å²) in [5, 5.41) is 0. The average Bonchev–Trinajstić information content (AvgIpc) is 2.19. The highest BCUT2D eigenvalue weighted by Crippen LogP contribution is 2.14. The molecule has 0 aromatic carbocycles. The standard InChI is InChI=1S/C11H15N2O/c1-13-8-4-5-10(9-13)14-11-6-2-3-7-12-11/h3,6-7,10H,4-5,8-9H2,1H3. The lowest BCUT2D eigenvalue weighted by atomic mass is 10.1. The van der Waals surface area contributed by atoms with E-state index in [0.29, 0.717) is 5.88 Å². The van der Waals surface area contributed by atoms with Gasteiger partial charge in [-0.3, -0.25) is 0 Å². The zero-order valence-electron chi connectivity index (χ0n) is 8.44. The van der Waals surface area contributed by atoms with Gasteiger partial charge in [-0.05, 0) is 38.6 Å². The van der Waals surface area contributed by atoms with Crippen LogP contribution in [0.15, 0.2) is 18.3 Å². The molecule has 1 aromatic rings. The molecule has 2 rings (SSSR count). The maximum atomic E-state index is 5.74. The summed E-state index contributed by atoms with van der Waals surface area (Å²) in [7, 11) is 2.13. The lowest BCUT2D eigenvalue weighted by Gasteiger charge is -2.29. The third-order valence-corrected chi connectivity index (χ3v) is 2.45. The highest BCUT2D eigenvalue weighted by molar-refractivity contribution is 5.08. The number of likely N-dealkylation sites (N-methyl/N-ethyl adjacent to an activating group) is 1. The van der Waals surface area contributed by atoms with Crippen molar-refractivity contribution in [2.45, 2.75) is 18.9 Å². The first-order valence-corrected chi connectivity index (χ1v) is 5.02. The number of piperidine rings is 1. The molecule has 3 nitrogen and oxygen atoms in total. The van der Waals surface area contributed by atoms with E-state index in [1.807, 2.05) is 0 Å². The molecule has 1 unspecified atom stereocenters. The van der Waals surface area contributed by atoms with Gasteiger partial charge in [0.2, 0.25) is 5.88 Å². The molecule has 0 bridgehead atoms. The van der Waals surface area contributed by atoms with E-state index in [1.54, 1.807) is 18.3 Å². The number of ether oxygens (including phenoxy) is 1. The number of nitrogens with zero attached hydrogens (tertiary/aromatic N) is 2. The fraction of sp³-hybridized carbons (Fsp3) is 0.545. The molecule has 1 atom stereocenters. The average molecular weight is 191 g/mol. The quantitative estimate of drug-likeness (QED) is 0.705. The summed E-state index contributed by atoms with van der Waals surface area (Å²) in [6.45, 7) is 2.17. The van der Waals surface area contributed by atoms with Crippen molar-refractivity contribution >= 4 is 0 Å². The predicted molar refractivity (Wildman–Crippen MR) is 54.2 cm³/mol. The van der Waals surface area contributed by atoms with Crippen LogP contribution in [0.2, 0.25) is 0 Å². The minimum atomic E-state index is 0.289. The van der Waals surface area contributed by atoms with Gasteiger partial charge in [0, 0.05) is 18.8 Å². The molecule has 3 heteroatoms. The molecule has 0 N–H and O–H groups in total. The van der Waals surface area contributed by atoms with Gasteiger partial charge in [0.25, 0.3) is 0 Å². The van der Waals surface area contributed by atoms with Crippen molar-refractivity contribution in [1.82, 2.24) is 9.88 Å². The molecule has 1 saturated heterocycles. The maximum Gasteiger partial charge on any atom is 0.214 e. The number of aromatic nitrogens is 1. The van der Waals surface area contributed by atoms with Crippen LogP contribution < -0.4 is 4.74 Å². The minimum absolute atomic E-state index is 0.289. The first-order valence-electron chi connectivity index (χ1n) is 5.02. The molecular weight excluding hydrogens is 176 g/mol. The van der Waals surface area contributed by atoms with Crippen LogP contribution in [0.3, 0.4) is 0 Å². The van der Waals surface area contributed by atoms with Crippen LogP contribution in [0.1, 0.15) is 12.8 Å². The lowest BCUT2D eigenvalue weighted by molar-refractivity contribution is 0.1000. The second kappa shape index (κ2) is 4.42. The molecule has 0 saturated carbocycles. The summed E-state index contributed by atoms with van der Waals surface area (Å²) in [5.74, 6) is 0.688. The normalized spacial score (nSPS) is 23.4. The molecule has 1 aliphatic heterocycles. The molecule has 0 aliphatic carbocycles. The Kier molecular flexibility index (Phi) is 2.99. The van der Waals surface area contributed by atoms with Crippen molar-refractivity contribution < 1.29 is 4.74 Å². The molecule has 1 fully saturated rings. The Labute approximate surface area is 84.7 Å². The van der Waals surface area contributed by atoms with Gasteiger partial charge >= 0.3 is 0 Å². The van der Waals surface area contributed by atoms with Crippen LogP contribution in [0.4, 0.5) is 0 Å². The number of rotatable bonds is 2. The number of hydrogen-bond donors (Lipinski definition) is 0. The summed E-state index contributed by atoms with van der Waals surface area (Å²) >= 11 is 0. The number of pyridine rings is 1. The van der Waals surface area contributed by atoms with Gasteiger partial charge in [-0.2, -0.15) is 0 Å². The van der Waals surface area contributed by atoms with E-state index in [1.165, 1.54) is 13.0 Å². The predicted octanol–water partition coefficient (Wildman–Crippen LogP) is 1.35. The largest absolute Gasteiger partial charge is 0.473 e. The van der Waals surface area contributed by atoms with Crippen molar-refractivity contribution in [3.63, 3.8) is 0 Å². The summed E-state index contributed by atoms with van der Waals surface area (Å²) in [5.41, 5.74) is 0. The Morgan fingerprint density at radius 3 is 3.29 bits per heavy atom. The second-order valence-electron chi connectivity index (χ2n) is 3.74. The second-order valence-corrected chi connectivity index (χ2v) is 3.74. The van der Waals surface area contributed by atoms with Crippen molar-refractivity contribution in [1.29, 1.82) is 0 Å². The number of likely N-dealkylation sites (tertiary alicyclic amines) is 1. The third-order valence-electron chi connectivity index (χ3n) is 2.45. The maximum absolute atomic E-state index is 5.74. The summed E-state index contributed by atoms with van der Waals surface area (Å²) in [4.78, 5) is 6.42. The van der Waals surface area contributed by atoms with E-state index in [-0.39, 0.29) is 6.10 Å². The molecule has 14 heavy (non-hydrogen) atoms. The van der Waals surface area contributed by atoms with Crippen LogP contribution in [-0.2, 0) is 0 Å². The highest BCUT2D eigenvalue weighted by Gasteiger charge is 2.18. The van der Waals surface area contributed by atoms with Crippen LogP contribution in [0.5, 0.6) is 5.88 Å². The van der Waals surface area contributed by atoms with Gasteiger partial charge in [-0.15, -0.1) is 0 Å². The minimum Gasteiger partial charge on any atom is -0.473 e. The van der Waals surface area contributed by atoms with Crippen molar-refractivity contribution in [3.8, 4) is 5.88 Å². The SMILES string of the molecule is CN1CCCC(Oc2c[c]ccn2)C1. The summed E-state index contributed by atoms with van der Waals surface area (Å²) in [6.07, 6.45) is 4.33. The molecule has 1 radical (unpaired) electrons. The topological polar surface area (TPSA) is 25.4 Å². The van der Waals surface area contributed by atoms with Crippen LogP contribution in [0.25, 0.3) is 0 Å². The molecular formula is C11H15N2O. The Morgan fingerprint density at radius 2 is 2.57 bits per heavy atom. The smallest absolute Gasteiger partial charge is 0.214 e. The Morgan fingerprint density at radius 1 is 1.64 bits per heavy atom. The third kappa shape index (κ3) is 2.45. The van der Waals surface area contributed by atoms with Crippen LogP contribution >= 0.6 is 0 Å². The monoisotopic (exact) mass is 191 g/mol. The van der Waals surface area contributed by atoms with E-state index in [2.05, 4.69) is 23.0 Å².